The van der Waals surface area contributed by atoms with Crippen LogP contribution in [0.2, 0.25) is 0 Å². The van der Waals surface area contributed by atoms with Crippen molar-refractivity contribution < 1.29 is 29.0 Å². The highest BCUT2D eigenvalue weighted by Gasteiger charge is 2.79. The van der Waals surface area contributed by atoms with E-state index in [-0.39, 0.29) is 25.0 Å². The molecule has 190 valence electrons. The number of nitrogens with zero attached hydrogens (tertiary/aromatic N) is 2. The third-order valence-electron chi connectivity index (χ3n) is 7.76. The molecule has 1 spiro atoms. The number of hydrogen-bond acceptors (Lipinski definition) is 6. The average molecular weight is 477 g/mol. The first-order valence-corrected chi connectivity index (χ1v) is 12.7. The molecule has 0 aromatic carbocycles. The second-order valence-corrected chi connectivity index (χ2v) is 9.64. The number of aliphatic hydroxyl groups is 1. The predicted molar refractivity (Wildman–Crippen MR) is 128 cm³/mol. The van der Waals surface area contributed by atoms with Gasteiger partial charge in [-0.1, -0.05) is 39.0 Å². The van der Waals surface area contributed by atoms with Crippen molar-refractivity contribution in [3.8, 4) is 0 Å². The van der Waals surface area contributed by atoms with E-state index in [1.165, 1.54) is 6.08 Å². The van der Waals surface area contributed by atoms with E-state index in [2.05, 4.69) is 20.1 Å². The topological polar surface area (TPSA) is 96.4 Å². The molecule has 3 rings (SSSR count). The van der Waals surface area contributed by atoms with Crippen molar-refractivity contribution in [1.29, 1.82) is 0 Å². The van der Waals surface area contributed by atoms with Crippen LogP contribution in [-0.4, -0.2) is 82.8 Å². The molecule has 3 fully saturated rings. The molecule has 3 heterocycles. The molecule has 2 bridgehead atoms. The fourth-order valence-corrected chi connectivity index (χ4v) is 6.19. The smallest absolute Gasteiger partial charge is 0.313 e. The lowest BCUT2D eigenvalue weighted by Gasteiger charge is -2.37. The summed E-state index contributed by atoms with van der Waals surface area (Å²) in [5, 5.41) is 9.28. The molecule has 0 radical (unpaired) electrons. The summed E-state index contributed by atoms with van der Waals surface area (Å²) in [6.45, 7) is 12.8. The van der Waals surface area contributed by atoms with Crippen LogP contribution >= 0.6 is 0 Å². The molecule has 0 aliphatic carbocycles. The summed E-state index contributed by atoms with van der Waals surface area (Å²) < 4.78 is 12.1. The number of rotatable bonds is 14. The van der Waals surface area contributed by atoms with Gasteiger partial charge in [0.15, 0.2) is 0 Å². The Morgan fingerprint density at radius 1 is 1.24 bits per heavy atom. The van der Waals surface area contributed by atoms with E-state index in [1.807, 2.05) is 6.92 Å². The minimum absolute atomic E-state index is 0.0141. The van der Waals surface area contributed by atoms with Gasteiger partial charge < -0.3 is 24.4 Å². The minimum atomic E-state index is -1.05. The molecule has 8 heteroatoms. The number of carbonyl (C=O) groups excluding carboxylic acids is 3. The maximum Gasteiger partial charge on any atom is 0.313 e. The van der Waals surface area contributed by atoms with E-state index >= 15 is 0 Å². The maximum absolute atomic E-state index is 14.0. The van der Waals surface area contributed by atoms with Gasteiger partial charge in [0.05, 0.1) is 11.5 Å². The zero-order valence-corrected chi connectivity index (χ0v) is 20.7. The normalized spacial score (nSPS) is 31.4. The fraction of sp³-hybridized carbons (Fsp3) is 0.731. The molecular formula is C26H40N2O6. The Bertz CT molecular complexity index is 800. The quantitative estimate of drug-likeness (QED) is 0.235. The van der Waals surface area contributed by atoms with Crippen molar-refractivity contribution in [3.63, 3.8) is 0 Å². The largest absolute Gasteiger partial charge is 0.461 e. The third-order valence-corrected chi connectivity index (χ3v) is 7.76. The Morgan fingerprint density at radius 3 is 2.62 bits per heavy atom. The molecule has 2 unspecified atom stereocenters. The first-order valence-electron chi connectivity index (χ1n) is 12.7. The van der Waals surface area contributed by atoms with Crippen LogP contribution in [0.4, 0.5) is 0 Å². The molecule has 8 nitrogen and oxygen atoms in total. The lowest BCUT2D eigenvalue weighted by Crippen LogP contribution is -2.56. The van der Waals surface area contributed by atoms with Crippen molar-refractivity contribution in [2.45, 2.75) is 76.0 Å². The summed E-state index contributed by atoms with van der Waals surface area (Å²) in [4.78, 5) is 44.5. The fourth-order valence-electron chi connectivity index (χ4n) is 6.19. The Balaban J connectivity index is 2.03. The molecule has 1 N–H and O–H groups in total. The average Bonchev–Trinajstić information content (AvgIpc) is 3.44. The molecule has 0 saturated carbocycles. The summed E-state index contributed by atoms with van der Waals surface area (Å²) in [5.41, 5.74) is -1.85. The van der Waals surface area contributed by atoms with Gasteiger partial charge in [-0.25, -0.2) is 0 Å². The van der Waals surface area contributed by atoms with Crippen molar-refractivity contribution in [1.82, 2.24) is 9.80 Å². The molecular weight excluding hydrogens is 436 g/mol. The second-order valence-electron chi connectivity index (χ2n) is 9.64. The van der Waals surface area contributed by atoms with E-state index in [0.717, 1.165) is 12.8 Å². The number of aliphatic hydroxyl groups excluding tert-OH is 1. The lowest BCUT2D eigenvalue weighted by atomic mass is 9.65. The lowest BCUT2D eigenvalue weighted by molar-refractivity contribution is -0.161. The number of carbonyl (C=O) groups is 3. The van der Waals surface area contributed by atoms with Crippen molar-refractivity contribution in [3.05, 3.63) is 25.3 Å². The number of unbranched alkanes of at least 4 members (excludes halogenated alkanes) is 2. The van der Waals surface area contributed by atoms with Crippen LogP contribution in [0, 0.1) is 11.8 Å². The Morgan fingerprint density at radius 2 is 2.00 bits per heavy atom. The molecule has 34 heavy (non-hydrogen) atoms. The van der Waals surface area contributed by atoms with Crippen LogP contribution in [0.1, 0.15) is 58.8 Å². The molecule has 0 aromatic rings. The number of fused-ring (bicyclic) bond motifs is 1. The second kappa shape index (κ2) is 11.0. The maximum atomic E-state index is 14.0. The van der Waals surface area contributed by atoms with Gasteiger partial charge in [-0.3, -0.25) is 14.4 Å². The van der Waals surface area contributed by atoms with E-state index in [1.54, 1.807) is 15.9 Å². The van der Waals surface area contributed by atoms with Gasteiger partial charge in [0.1, 0.15) is 24.2 Å². The number of hydrogen-bond donors (Lipinski definition) is 1. The van der Waals surface area contributed by atoms with E-state index < -0.39 is 35.0 Å². The summed E-state index contributed by atoms with van der Waals surface area (Å²) in [7, 11) is 0. The SMILES string of the molecule is C=CCOC(=O)[C@H]1[C@H]2C(=O)N(CCCCO)C(C(=O)N(CC=C)CCCC)C23CC[C@]1(CC)O3. The van der Waals surface area contributed by atoms with Crippen LogP contribution in [0.15, 0.2) is 25.3 Å². The first-order chi connectivity index (χ1) is 16.4. The van der Waals surface area contributed by atoms with Crippen LogP contribution in [0.25, 0.3) is 0 Å². The molecule has 3 aliphatic rings. The highest BCUT2D eigenvalue weighted by molar-refractivity contribution is 5.98. The van der Waals surface area contributed by atoms with Crippen LogP contribution in [-0.2, 0) is 23.9 Å². The molecule has 2 amide bonds. The van der Waals surface area contributed by atoms with Gasteiger partial charge in [-0.15, -0.1) is 6.58 Å². The number of amides is 2. The zero-order chi connectivity index (χ0) is 24.9. The van der Waals surface area contributed by atoms with Gasteiger partial charge >= 0.3 is 5.97 Å². The molecule has 5 atom stereocenters. The van der Waals surface area contributed by atoms with Gasteiger partial charge in [-0.05, 0) is 38.5 Å². The standard InChI is InChI=1S/C26H40N2O6/c1-5-9-15-27(14-6-2)23(31)21-26-13-12-25(8-4,34-26)20(24(32)33-18-7-3)19(26)22(30)28(21)16-10-11-17-29/h6-7,19-21,29H,2-3,5,8-18H2,1,4H3/t19-,20+,21?,25-,26?/m0/s1. The third kappa shape index (κ3) is 4.31. The number of esters is 1. The van der Waals surface area contributed by atoms with Crippen molar-refractivity contribution in [2.24, 2.45) is 11.8 Å². The minimum Gasteiger partial charge on any atom is -0.461 e. The number of ether oxygens (including phenoxy) is 2. The van der Waals surface area contributed by atoms with Crippen molar-refractivity contribution in [2.75, 3.05) is 32.8 Å². The van der Waals surface area contributed by atoms with Gasteiger partial charge in [0, 0.05) is 26.2 Å². The van der Waals surface area contributed by atoms with Crippen molar-refractivity contribution >= 4 is 17.8 Å². The van der Waals surface area contributed by atoms with Crippen LogP contribution in [0.3, 0.4) is 0 Å². The van der Waals surface area contributed by atoms with Gasteiger partial charge in [0.2, 0.25) is 11.8 Å². The highest BCUT2D eigenvalue weighted by Crippen LogP contribution is 2.64. The van der Waals surface area contributed by atoms with E-state index in [0.29, 0.717) is 51.7 Å². The highest BCUT2D eigenvalue weighted by atomic mass is 16.6. The molecule has 3 saturated heterocycles. The summed E-state index contributed by atoms with van der Waals surface area (Å²) >= 11 is 0. The summed E-state index contributed by atoms with van der Waals surface area (Å²) in [5.74, 6) is -2.33. The predicted octanol–water partition coefficient (Wildman–Crippen LogP) is 2.46. The summed E-state index contributed by atoms with van der Waals surface area (Å²) in [6, 6.07) is -0.800. The van der Waals surface area contributed by atoms with Crippen LogP contribution < -0.4 is 0 Å². The van der Waals surface area contributed by atoms with E-state index in [4.69, 9.17) is 9.47 Å². The van der Waals surface area contributed by atoms with E-state index in [9.17, 15) is 19.5 Å². The zero-order valence-electron chi connectivity index (χ0n) is 20.7. The molecule has 0 aromatic heterocycles. The number of likely N-dealkylation sites (tertiary alicyclic amines) is 1. The summed E-state index contributed by atoms with van der Waals surface area (Å²) in [6.07, 6.45) is 7.79. The Labute approximate surface area is 202 Å². The van der Waals surface area contributed by atoms with Crippen LogP contribution in [0.5, 0.6) is 0 Å². The van der Waals surface area contributed by atoms with Gasteiger partial charge in [0.25, 0.3) is 0 Å². The first kappa shape index (κ1) is 26.4. The monoisotopic (exact) mass is 476 g/mol. The Kier molecular flexibility index (Phi) is 8.57. The molecule has 3 aliphatic heterocycles. The Hall–Kier alpha value is -2.19. The van der Waals surface area contributed by atoms with Gasteiger partial charge in [-0.2, -0.15) is 0 Å².